The summed E-state index contributed by atoms with van der Waals surface area (Å²) in [7, 11) is 0. The van der Waals surface area contributed by atoms with Crippen molar-refractivity contribution in [3.63, 3.8) is 0 Å². The first-order valence-electron chi connectivity index (χ1n) is 9.86. The van der Waals surface area contributed by atoms with Crippen molar-refractivity contribution in [3.8, 4) is 27.4 Å². The van der Waals surface area contributed by atoms with Crippen molar-refractivity contribution in [1.29, 1.82) is 0 Å². The summed E-state index contributed by atoms with van der Waals surface area (Å²) in [4.78, 5) is 9.95. The molecule has 1 aliphatic heterocycles. The zero-order valence-corrected chi connectivity index (χ0v) is 17.8. The standard InChI is InChI=1S/C24H19F2N3OS/c1-13-8-20(23-11-27-14(2)31-23)28-10-16(13)15-6-7-19-22(9-15)30-12-21(29-19)24-17(25)4-3-5-18(24)26/h3-11,21,29H,12H2,1-2H3. The number of nitrogens with one attached hydrogen (secondary N) is 1. The van der Waals surface area contributed by atoms with Crippen LogP contribution in [0.25, 0.3) is 21.7 Å². The van der Waals surface area contributed by atoms with Crippen LogP contribution in [0.15, 0.2) is 54.9 Å². The van der Waals surface area contributed by atoms with E-state index >= 15 is 0 Å². The molecule has 31 heavy (non-hydrogen) atoms. The molecule has 4 aromatic rings. The minimum atomic E-state index is -0.593. The second-order valence-corrected chi connectivity index (χ2v) is 8.72. The van der Waals surface area contributed by atoms with Gasteiger partial charge < -0.3 is 10.1 Å². The van der Waals surface area contributed by atoms with E-state index in [1.807, 2.05) is 44.4 Å². The van der Waals surface area contributed by atoms with Crippen molar-refractivity contribution in [2.24, 2.45) is 0 Å². The first kappa shape index (κ1) is 19.6. The van der Waals surface area contributed by atoms with Crippen LogP contribution in [-0.2, 0) is 0 Å². The van der Waals surface area contributed by atoms with Crippen LogP contribution in [0.1, 0.15) is 22.2 Å². The molecule has 0 amide bonds. The molecule has 156 valence electrons. The largest absolute Gasteiger partial charge is 0.489 e. The minimum Gasteiger partial charge on any atom is -0.489 e. The van der Waals surface area contributed by atoms with Crippen LogP contribution >= 0.6 is 11.3 Å². The van der Waals surface area contributed by atoms with Crippen molar-refractivity contribution in [3.05, 3.63) is 82.6 Å². The number of pyridine rings is 1. The molecule has 3 heterocycles. The summed E-state index contributed by atoms with van der Waals surface area (Å²) in [5.41, 5.74) is 4.64. The lowest BCUT2D eigenvalue weighted by molar-refractivity contribution is 0.280. The van der Waals surface area contributed by atoms with E-state index in [1.165, 1.54) is 18.2 Å². The van der Waals surface area contributed by atoms with Gasteiger partial charge in [0.05, 0.1) is 27.3 Å². The summed E-state index contributed by atoms with van der Waals surface area (Å²) in [6.07, 6.45) is 3.70. The van der Waals surface area contributed by atoms with Crippen LogP contribution in [0, 0.1) is 25.5 Å². The number of nitrogens with zero attached hydrogens (tertiary/aromatic N) is 2. The lowest BCUT2D eigenvalue weighted by atomic mass is 9.99. The fraction of sp³-hybridized carbons (Fsp3) is 0.167. The Morgan fingerprint density at radius 3 is 2.55 bits per heavy atom. The van der Waals surface area contributed by atoms with Crippen LogP contribution in [-0.4, -0.2) is 16.6 Å². The number of hydrogen-bond acceptors (Lipinski definition) is 5. The molecule has 0 spiro atoms. The molecule has 0 bridgehead atoms. The van der Waals surface area contributed by atoms with E-state index in [0.717, 1.165) is 32.3 Å². The van der Waals surface area contributed by atoms with Crippen molar-refractivity contribution in [1.82, 2.24) is 9.97 Å². The molecule has 0 radical (unpaired) electrons. The fourth-order valence-electron chi connectivity index (χ4n) is 3.80. The average Bonchev–Trinajstić information content (AvgIpc) is 3.19. The van der Waals surface area contributed by atoms with Crippen LogP contribution in [0.3, 0.4) is 0 Å². The third-order valence-electron chi connectivity index (χ3n) is 5.36. The summed E-state index contributed by atoms with van der Waals surface area (Å²) in [6, 6.07) is 11.1. The van der Waals surface area contributed by atoms with Gasteiger partial charge in [0.1, 0.15) is 24.0 Å². The van der Waals surface area contributed by atoms with Crippen LogP contribution in [0.2, 0.25) is 0 Å². The fourth-order valence-corrected chi connectivity index (χ4v) is 4.55. The topological polar surface area (TPSA) is 47.0 Å². The number of aromatic nitrogens is 2. The predicted octanol–water partition coefficient (Wildman–Crippen LogP) is 6.31. The number of benzene rings is 2. The molecule has 7 heteroatoms. The Kier molecular flexibility index (Phi) is 4.90. The molecular formula is C24H19F2N3OS. The zero-order chi connectivity index (χ0) is 21.5. The van der Waals surface area contributed by atoms with E-state index in [0.29, 0.717) is 11.4 Å². The monoisotopic (exact) mass is 435 g/mol. The maximum atomic E-state index is 14.2. The molecule has 1 atom stereocenters. The highest BCUT2D eigenvalue weighted by molar-refractivity contribution is 7.15. The normalized spacial score (nSPS) is 15.2. The van der Waals surface area contributed by atoms with Gasteiger partial charge in [0.25, 0.3) is 0 Å². The summed E-state index contributed by atoms with van der Waals surface area (Å²) < 4.78 is 34.2. The number of anilines is 1. The molecule has 2 aromatic heterocycles. The van der Waals surface area contributed by atoms with Gasteiger partial charge in [-0.2, -0.15) is 0 Å². The highest BCUT2D eigenvalue weighted by atomic mass is 32.1. The zero-order valence-electron chi connectivity index (χ0n) is 16.9. The minimum absolute atomic E-state index is 0.00818. The third kappa shape index (κ3) is 3.65. The Balaban J connectivity index is 1.43. The van der Waals surface area contributed by atoms with Gasteiger partial charge in [-0.15, -0.1) is 11.3 Å². The van der Waals surface area contributed by atoms with Crippen molar-refractivity contribution in [2.75, 3.05) is 11.9 Å². The quantitative estimate of drug-likeness (QED) is 0.409. The highest BCUT2D eigenvalue weighted by Gasteiger charge is 2.26. The Morgan fingerprint density at radius 2 is 1.84 bits per heavy atom. The lowest BCUT2D eigenvalue weighted by Gasteiger charge is -2.28. The number of ether oxygens (including phenoxy) is 1. The molecule has 1 aliphatic rings. The predicted molar refractivity (Wildman–Crippen MR) is 118 cm³/mol. The van der Waals surface area contributed by atoms with Gasteiger partial charge in [-0.25, -0.2) is 13.8 Å². The number of rotatable bonds is 3. The summed E-state index contributed by atoms with van der Waals surface area (Å²) in [5, 5.41) is 4.20. The first-order chi connectivity index (χ1) is 15.0. The number of hydrogen-bond donors (Lipinski definition) is 1. The van der Waals surface area contributed by atoms with E-state index in [9.17, 15) is 8.78 Å². The smallest absolute Gasteiger partial charge is 0.143 e. The van der Waals surface area contributed by atoms with Gasteiger partial charge in [-0.1, -0.05) is 12.1 Å². The van der Waals surface area contributed by atoms with Gasteiger partial charge in [0, 0.05) is 23.5 Å². The van der Waals surface area contributed by atoms with Gasteiger partial charge >= 0.3 is 0 Å². The second kappa shape index (κ2) is 7.74. The van der Waals surface area contributed by atoms with Crippen LogP contribution in [0.4, 0.5) is 14.5 Å². The first-order valence-corrected chi connectivity index (χ1v) is 10.7. The van der Waals surface area contributed by atoms with E-state index in [-0.39, 0.29) is 12.2 Å². The van der Waals surface area contributed by atoms with Crippen molar-refractivity contribution >= 4 is 17.0 Å². The SMILES string of the molecule is Cc1ncc(-c2cc(C)c(-c3ccc4c(c3)OCC(c3c(F)cccc3F)N4)cn2)s1. The van der Waals surface area contributed by atoms with E-state index in [2.05, 4.69) is 21.4 Å². The Bertz CT molecular complexity index is 1270. The molecule has 0 saturated heterocycles. The van der Waals surface area contributed by atoms with Gasteiger partial charge in [0.15, 0.2) is 0 Å². The molecule has 5 rings (SSSR count). The summed E-state index contributed by atoms with van der Waals surface area (Å²) >= 11 is 1.61. The molecule has 2 aromatic carbocycles. The number of halogens is 2. The third-order valence-corrected chi connectivity index (χ3v) is 6.30. The van der Waals surface area contributed by atoms with Gasteiger partial charge in [-0.05, 0) is 55.3 Å². The second-order valence-electron chi connectivity index (χ2n) is 7.48. The lowest BCUT2D eigenvalue weighted by Crippen LogP contribution is -2.25. The van der Waals surface area contributed by atoms with Gasteiger partial charge in [-0.3, -0.25) is 4.98 Å². The molecule has 0 aliphatic carbocycles. The Labute approximate surface area is 182 Å². The summed E-state index contributed by atoms with van der Waals surface area (Å²) in [6.45, 7) is 4.15. The maximum Gasteiger partial charge on any atom is 0.143 e. The Morgan fingerprint density at radius 1 is 1.03 bits per heavy atom. The van der Waals surface area contributed by atoms with Crippen molar-refractivity contribution in [2.45, 2.75) is 19.9 Å². The molecule has 0 saturated carbocycles. The number of fused-ring (bicyclic) bond motifs is 1. The highest BCUT2D eigenvalue weighted by Crippen LogP contribution is 2.39. The van der Waals surface area contributed by atoms with Crippen molar-refractivity contribution < 1.29 is 13.5 Å². The van der Waals surface area contributed by atoms with E-state index < -0.39 is 17.7 Å². The molecular weight excluding hydrogens is 416 g/mol. The van der Waals surface area contributed by atoms with Crippen LogP contribution < -0.4 is 10.1 Å². The van der Waals surface area contributed by atoms with Gasteiger partial charge in [0.2, 0.25) is 0 Å². The maximum absolute atomic E-state index is 14.2. The van der Waals surface area contributed by atoms with Crippen LogP contribution in [0.5, 0.6) is 5.75 Å². The molecule has 1 N–H and O–H groups in total. The molecule has 0 fully saturated rings. The Hall–Kier alpha value is -3.32. The molecule has 4 nitrogen and oxygen atoms in total. The number of aryl methyl sites for hydroxylation is 2. The van der Waals surface area contributed by atoms with E-state index in [4.69, 9.17) is 4.74 Å². The number of thiazole rings is 1. The molecule has 1 unspecified atom stereocenters. The van der Waals surface area contributed by atoms with E-state index in [1.54, 1.807) is 11.3 Å². The summed E-state index contributed by atoms with van der Waals surface area (Å²) in [5.74, 6) is -0.523. The average molecular weight is 435 g/mol.